The van der Waals surface area contributed by atoms with Gasteiger partial charge in [-0.2, -0.15) is 0 Å². The van der Waals surface area contributed by atoms with Gasteiger partial charge in [0.2, 0.25) is 0 Å². The second-order valence-corrected chi connectivity index (χ2v) is 8.51. The van der Waals surface area contributed by atoms with Gasteiger partial charge in [-0.3, -0.25) is 4.90 Å². The van der Waals surface area contributed by atoms with Crippen molar-refractivity contribution < 1.29 is 0 Å². The fourth-order valence-corrected chi connectivity index (χ4v) is 4.22. The molecular weight excluding hydrogens is 364 g/mol. The van der Waals surface area contributed by atoms with Gasteiger partial charge in [-0.05, 0) is 12.1 Å². The molecule has 4 rings (SSSR count). The number of aromatic nitrogens is 3. The minimum atomic E-state index is 0.377. The maximum absolute atomic E-state index is 5.97. The molecule has 3 heterocycles. The van der Waals surface area contributed by atoms with Crippen molar-refractivity contribution in [3.05, 3.63) is 63.6 Å². The number of rotatable bonds is 4. The van der Waals surface area contributed by atoms with E-state index < -0.39 is 0 Å². The maximum Gasteiger partial charge on any atom is 0.131 e. The average Bonchev–Trinajstić information content (AvgIpc) is 3.10. The lowest BCUT2D eigenvalue weighted by Crippen LogP contribution is -2.30. The van der Waals surface area contributed by atoms with E-state index in [1.54, 1.807) is 11.3 Å². The van der Waals surface area contributed by atoms with Gasteiger partial charge in [0, 0.05) is 71.1 Å². The van der Waals surface area contributed by atoms with Crippen molar-refractivity contribution in [2.75, 3.05) is 6.54 Å². The number of fused-ring (bicyclic) bond motifs is 1. The summed E-state index contributed by atoms with van der Waals surface area (Å²) in [6.07, 6.45) is 4.98. The van der Waals surface area contributed by atoms with Crippen molar-refractivity contribution in [1.82, 2.24) is 19.9 Å². The zero-order valence-electron chi connectivity index (χ0n) is 14.9. The Balaban J connectivity index is 1.45. The molecule has 2 aromatic heterocycles. The SMILES string of the molecule is CC(C)c1ncc2c(n1)CCN(Cc1cnc(-c3ccc(Cl)cc3)s1)C2. The Bertz CT molecular complexity index is 904. The van der Waals surface area contributed by atoms with Crippen LogP contribution in [-0.4, -0.2) is 26.4 Å². The summed E-state index contributed by atoms with van der Waals surface area (Å²) < 4.78 is 0. The minimum absolute atomic E-state index is 0.377. The number of halogens is 1. The molecule has 0 radical (unpaired) electrons. The van der Waals surface area contributed by atoms with E-state index in [-0.39, 0.29) is 0 Å². The van der Waals surface area contributed by atoms with Crippen molar-refractivity contribution in [2.24, 2.45) is 0 Å². The molecule has 1 aliphatic rings. The minimum Gasteiger partial charge on any atom is -0.293 e. The molecule has 3 aromatic rings. The molecule has 0 saturated carbocycles. The van der Waals surface area contributed by atoms with E-state index in [9.17, 15) is 0 Å². The first-order chi connectivity index (χ1) is 12.6. The van der Waals surface area contributed by atoms with Crippen molar-refractivity contribution in [2.45, 2.75) is 39.3 Å². The van der Waals surface area contributed by atoms with E-state index in [1.165, 1.54) is 16.1 Å². The second-order valence-electron chi connectivity index (χ2n) is 6.95. The monoisotopic (exact) mass is 384 g/mol. The lowest BCUT2D eigenvalue weighted by molar-refractivity contribution is 0.244. The summed E-state index contributed by atoms with van der Waals surface area (Å²) in [4.78, 5) is 17.6. The molecule has 0 aliphatic carbocycles. The summed E-state index contributed by atoms with van der Waals surface area (Å²) in [5, 5.41) is 1.79. The van der Waals surface area contributed by atoms with Crippen LogP contribution >= 0.6 is 22.9 Å². The maximum atomic E-state index is 5.97. The van der Waals surface area contributed by atoms with Crippen LogP contribution in [-0.2, 0) is 19.5 Å². The van der Waals surface area contributed by atoms with Crippen molar-refractivity contribution in [1.29, 1.82) is 0 Å². The van der Waals surface area contributed by atoms with E-state index in [1.807, 2.05) is 36.7 Å². The van der Waals surface area contributed by atoms with Crippen LogP contribution in [0.5, 0.6) is 0 Å². The lowest BCUT2D eigenvalue weighted by Gasteiger charge is -2.27. The third-order valence-electron chi connectivity index (χ3n) is 4.57. The van der Waals surface area contributed by atoms with E-state index in [2.05, 4.69) is 28.7 Å². The number of benzene rings is 1. The largest absolute Gasteiger partial charge is 0.293 e. The highest BCUT2D eigenvalue weighted by Gasteiger charge is 2.20. The first-order valence-corrected chi connectivity index (χ1v) is 10.1. The molecule has 0 unspecified atom stereocenters. The highest BCUT2D eigenvalue weighted by atomic mass is 35.5. The van der Waals surface area contributed by atoms with E-state index in [4.69, 9.17) is 16.6 Å². The van der Waals surface area contributed by atoms with Crippen LogP contribution in [0.3, 0.4) is 0 Å². The fraction of sp³-hybridized carbons (Fsp3) is 0.350. The molecular formula is C20H21ClN4S. The van der Waals surface area contributed by atoms with Crippen LogP contribution in [0.2, 0.25) is 5.02 Å². The molecule has 26 heavy (non-hydrogen) atoms. The summed E-state index contributed by atoms with van der Waals surface area (Å²) in [7, 11) is 0. The number of thiazole rings is 1. The molecule has 4 nitrogen and oxygen atoms in total. The second kappa shape index (κ2) is 7.43. The van der Waals surface area contributed by atoms with Crippen molar-refractivity contribution >= 4 is 22.9 Å². The standard InChI is InChI=1S/C20H21ClN4S/c1-13(2)19-22-9-15-11-25(8-7-18(15)24-19)12-17-10-23-20(26-17)14-3-5-16(21)6-4-14/h3-6,9-10,13H,7-8,11-12H2,1-2H3. The third kappa shape index (κ3) is 3.80. The van der Waals surface area contributed by atoms with E-state index in [0.29, 0.717) is 5.92 Å². The van der Waals surface area contributed by atoms with Gasteiger partial charge in [0.1, 0.15) is 10.8 Å². The highest BCUT2D eigenvalue weighted by Crippen LogP contribution is 2.28. The molecule has 134 valence electrons. The fourth-order valence-electron chi connectivity index (χ4n) is 3.13. The molecule has 1 aliphatic heterocycles. The predicted octanol–water partition coefficient (Wildman–Crippen LogP) is 4.94. The van der Waals surface area contributed by atoms with E-state index >= 15 is 0 Å². The van der Waals surface area contributed by atoms with Gasteiger partial charge in [-0.15, -0.1) is 11.3 Å². The molecule has 0 amide bonds. The Kier molecular flexibility index (Phi) is 5.02. The van der Waals surface area contributed by atoms with Gasteiger partial charge in [0.15, 0.2) is 0 Å². The Morgan fingerprint density at radius 1 is 1.15 bits per heavy atom. The molecule has 0 fully saturated rings. The van der Waals surface area contributed by atoms with Crippen molar-refractivity contribution in [3.63, 3.8) is 0 Å². The molecule has 0 N–H and O–H groups in total. The van der Waals surface area contributed by atoms with Crippen LogP contribution in [0, 0.1) is 0 Å². The Labute approximate surface area is 162 Å². The van der Waals surface area contributed by atoms with Crippen LogP contribution in [0.1, 0.15) is 41.7 Å². The quantitative estimate of drug-likeness (QED) is 0.639. The van der Waals surface area contributed by atoms with Crippen LogP contribution in [0.15, 0.2) is 36.7 Å². The van der Waals surface area contributed by atoms with Gasteiger partial charge < -0.3 is 0 Å². The summed E-state index contributed by atoms with van der Waals surface area (Å²) >= 11 is 7.71. The summed E-state index contributed by atoms with van der Waals surface area (Å²) in [5.74, 6) is 1.33. The predicted molar refractivity (Wildman–Crippen MR) is 106 cm³/mol. The van der Waals surface area contributed by atoms with Crippen LogP contribution in [0.4, 0.5) is 0 Å². The van der Waals surface area contributed by atoms with Crippen LogP contribution < -0.4 is 0 Å². The Hall–Kier alpha value is -1.82. The average molecular weight is 385 g/mol. The third-order valence-corrected chi connectivity index (χ3v) is 5.86. The zero-order valence-corrected chi connectivity index (χ0v) is 16.5. The van der Waals surface area contributed by atoms with Gasteiger partial charge >= 0.3 is 0 Å². The molecule has 0 bridgehead atoms. The molecule has 0 atom stereocenters. The van der Waals surface area contributed by atoms with Gasteiger partial charge in [-0.1, -0.05) is 37.6 Å². The summed E-state index contributed by atoms with van der Waals surface area (Å²) in [6, 6.07) is 7.85. The summed E-state index contributed by atoms with van der Waals surface area (Å²) in [6.45, 7) is 7.12. The molecule has 0 saturated heterocycles. The van der Waals surface area contributed by atoms with Gasteiger partial charge in [0.25, 0.3) is 0 Å². The Morgan fingerprint density at radius 3 is 2.73 bits per heavy atom. The highest BCUT2D eigenvalue weighted by molar-refractivity contribution is 7.15. The number of hydrogen-bond acceptors (Lipinski definition) is 5. The molecule has 1 aromatic carbocycles. The number of hydrogen-bond donors (Lipinski definition) is 0. The summed E-state index contributed by atoms with van der Waals surface area (Å²) in [5.41, 5.74) is 3.58. The smallest absolute Gasteiger partial charge is 0.131 e. The van der Waals surface area contributed by atoms with Gasteiger partial charge in [-0.25, -0.2) is 15.0 Å². The molecule has 0 spiro atoms. The first-order valence-electron chi connectivity index (χ1n) is 8.86. The lowest BCUT2D eigenvalue weighted by atomic mass is 10.1. The van der Waals surface area contributed by atoms with Gasteiger partial charge in [0.05, 0.1) is 0 Å². The zero-order chi connectivity index (χ0) is 18.1. The normalized spacial score (nSPS) is 14.6. The van der Waals surface area contributed by atoms with Crippen molar-refractivity contribution in [3.8, 4) is 10.6 Å². The first kappa shape index (κ1) is 17.6. The van der Waals surface area contributed by atoms with E-state index in [0.717, 1.165) is 47.5 Å². The van der Waals surface area contributed by atoms with Crippen LogP contribution in [0.25, 0.3) is 10.6 Å². The number of nitrogens with zero attached hydrogens (tertiary/aromatic N) is 4. The Morgan fingerprint density at radius 2 is 1.96 bits per heavy atom. The molecule has 6 heteroatoms. The topological polar surface area (TPSA) is 41.9 Å².